The van der Waals surface area contributed by atoms with Crippen molar-refractivity contribution in [3.8, 4) is 0 Å². The van der Waals surface area contributed by atoms with E-state index in [4.69, 9.17) is 4.74 Å². The van der Waals surface area contributed by atoms with Crippen LogP contribution in [0.15, 0.2) is 24.3 Å². The Bertz CT molecular complexity index is 464. The number of methoxy groups -OCH3 is 1. The number of hydrogen-bond acceptors (Lipinski definition) is 2. The highest BCUT2D eigenvalue weighted by Gasteiger charge is 2.23. The van der Waals surface area contributed by atoms with Crippen molar-refractivity contribution in [2.24, 2.45) is 5.92 Å². The van der Waals surface area contributed by atoms with E-state index in [1.807, 2.05) is 17.0 Å². The average Bonchev–Trinajstić information content (AvgIpc) is 2.52. The van der Waals surface area contributed by atoms with Crippen molar-refractivity contribution >= 4 is 5.91 Å². The van der Waals surface area contributed by atoms with E-state index in [1.54, 1.807) is 13.2 Å². The highest BCUT2D eigenvalue weighted by Crippen LogP contribution is 2.22. The molecule has 1 saturated heterocycles. The summed E-state index contributed by atoms with van der Waals surface area (Å²) in [6.45, 7) is 2.13. The van der Waals surface area contributed by atoms with Gasteiger partial charge < -0.3 is 9.64 Å². The van der Waals surface area contributed by atoms with Gasteiger partial charge in [-0.1, -0.05) is 18.2 Å². The molecule has 0 N–H and O–H groups in total. The lowest BCUT2D eigenvalue weighted by atomic mass is 9.91. The number of benzene rings is 1. The number of piperidine rings is 1. The summed E-state index contributed by atoms with van der Waals surface area (Å²) in [5.74, 6) is 0.527. The van der Waals surface area contributed by atoms with Crippen molar-refractivity contribution in [3.05, 3.63) is 35.6 Å². The largest absolute Gasteiger partial charge is 0.384 e. The summed E-state index contributed by atoms with van der Waals surface area (Å²) < 4.78 is 18.6. The van der Waals surface area contributed by atoms with E-state index in [0.717, 1.165) is 44.3 Å². The second-order valence-corrected chi connectivity index (χ2v) is 5.72. The number of halogens is 1. The highest BCUT2D eigenvalue weighted by atomic mass is 19.1. The number of carbonyl (C=O) groups is 1. The van der Waals surface area contributed by atoms with Gasteiger partial charge in [0.25, 0.3) is 0 Å². The van der Waals surface area contributed by atoms with Crippen LogP contribution in [0.4, 0.5) is 4.39 Å². The molecule has 0 spiro atoms. The second kappa shape index (κ2) is 8.13. The summed E-state index contributed by atoms with van der Waals surface area (Å²) in [6, 6.07) is 6.95. The minimum absolute atomic E-state index is 0.124. The Morgan fingerprint density at radius 3 is 3.00 bits per heavy atom. The van der Waals surface area contributed by atoms with Crippen LogP contribution < -0.4 is 0 Å². The van der Waals surface area contributed by atoms with Crippen molar-refractivity contribution in [2.75, 3.05) is 26.8 Å². The van der Waals surface area contributed by atoms with Gasteiger partial charge in [-0.05, 0) is 43.2 Å². The van der Waals surface area contributed by atoms with Crippen LogP contribution in [0.2, 0.25) is 0 Å². The summed E-state index contributed by atoms with van der Waals surface area (Å²) in [5.41, 5.74) is 0.778. The fraction of sp³-hybridized carbons (Fsp3) is 0.588. The van der Waals surface area contributed by atoms with Gasteiger partial charge in [0.2, 0.25) is 5.91 Å². The standard InChI is InChI=1S/C17H24FNO2/c1-21-12-10-17(20)19-11-4-5-14(13-19)8-9-15-6-2-3-7-16(15)18/h2-3,6-7,14H,4-5,8-13H2,1H3/t14-/m1/s1. The molecule has 0 radical (unpaired) electrons. The molecule has 21 heavy (non-hydrogen) atoms. The molecule has 1 aliphatic heterocycles. The van der Waals surface area contributed by atoms with Crippen molar-refractivity contribution < 1.29 is 13.9 Å². The first-order valence-electron chi connectivity index (χ1n) is 7.71. The van der Waals surface area contributed by atoms with E-state index in [-0.39, 0.29) is 11.7 Å². The number of ether oxygens (including phenoxy) is 1. The Hall–Kier alpha value is -1.42. The van der Waals surface area contributed by atoms with E-state index in [1.165, 1.54) is 6.07 Å². The van der Waals surface area contributed by atoms with Gasteiger partial charge >= 0.3 is 0 Å². The normalized spacial score (nSPS) is 18.8. The minimum Gasteiger partial charge on any atom is -0.384 e. The first-order chi connectivity index (χ1) is 10.2. The molecule has 1 aromatic rings. The average molecular weight is 293 g/mol. The second-order valence-electron chi connectivity index (χ2n) is 5.72. The van der Waals surface area contributed by atoms with Gasteiger partial charge in [-0.2, -0.15) is 0 Å². The first-order valence-corrected chi connectivity index (χ1v) is 7.71. The Balaban J connectivity index is 1.81. The molecule has 0 unspecified atom stereocenters. The molecule has 1 atom stereocenters. The summed E-state index contributed by atoms with van der Waals surface area (Å²) >= 11 is 0. The quantitative estimate of drug-likeness (QED) is 0.807. The Morgan fingerprint density at radius 1 is 1.43 bits per heavy atom. The van der Waals surface area contributed by atoms with Gasteiger partial charge in [-0.15, -0.1) is 0 Å². The summed E-state index contributed by atoms with van der Waals surface area (Å²) in [5, 5.41) is 0. The summed E-state index contributed by atoms with van der Waals surface area (Å²) in [7, 11) is 1.61. The molecule has 1 aliphatic rings. The fourth-order valence-electron chi connectivity index (χ4n) is 2.94. The van der Waals surface area contributed by atoms with Crippen LogP contribution in [0.25, 0.3) is 0 Å². The molecule has 1 fully saturated rings. The lowest BCUT2D eigenvalue weighted by Crippen LogP contribution is -2.40. The Labute approximate surface area is 126 Å². The minimum atomic E-state index is -0.124. The number of aryl methyl sites for hydroxylation is 1. The maximum atomic E-state index is 13.6. The van der Waals surface area contributed by atoms with Gasteiger partial charge in [-0.25, -0.2) is 4.39 Å². The Morgan fingerprint density at radius 2 is 2.24 bits per heavy atom. The fourth-order valence-corrected chi connectivity index (χ4v) is 2.94. The zero-order valence-corrected chi connectivity index (χ0v) is 12.7. The van der Waals surface area contributed by atoms with E-state index in [9.17, 15) is 9.18 Å². The molecule has 0 aliphatic carbocycles. The number of rotatable bonds is 6. The Kier molecular flexibility index (Phi) is 6.18. The third-order valence-electron chi connectivity index (χ3n) is 4.17. The maximum Gasteiger partial charge on any atom is 0.224 e. The smallest absolute Gasteiger partial charge is 0.224 e. The van der Waals surface area contributed by atoms with Crippen molar-refractivity contribution in [1.29, 1.82) is 0 Å². The van der Waals surface area contributed by atoms with E-state index in [2.05, 4.69) is 0 Å². The van der Waals surface area contributed by atoms with Gasteiger partial charge in [0.15, 0.2) is 0 Å². The SMILES string of the molecule is COCCC(=O)N1CCC[C@H](CCc2ccccc2F)C1. The molecule has 0 saturated carbocycles. The number of hydrogen-bond donors (Lipinski definition) is 0. The molecule has 0 aromatic heterocycles. The van der Waals surface area contributed by atoms with Crippen LogP contribution in [-0.4, -0.2) is 37.6 Å². The van der Waals surface area contributed by atoms with Gasteiger partial charge in [0.1, 0.15) is 5.82 Å². The lowest BCUT2D eigenvalue weighted by molar-refractivity contribution is -0.134. The van der Waals surface area contributed by atoms with Crippen molar-refractivity contribution in [2.45, 2.75) is 32.1 Å². The zero-order chi connectivity index (χ0) is 15.1. The topological polar surface area (TPSA) is 29.5 Å². The van der Waals surface area contributed by atoms with Crippen LogP contribution in [0.3, 0.4) is 0 Å². The molecule has 3 nitrogen and oxygen atoms in total. The molecule has 1 heterocycles. The van der Waals surface area contributed by atoms with Crippen LogP contribution >= 0.6 is 0 Å². The van der Waals surface area contributed by atoms with E-state index < -0.39 is 0 Å². The molecule has 4 heteroatoms. The molecule has 2 rings (SSSR count). The molecule has 1 aromatic carbocycles. The zero-order valence-electron chi connectivity index (χ0n) is 12.7. The molecule has 0 bridgehead atoms. The third-order valence-corrected chi connectivity index (χ3v) is 4.17. The number of carbonyl (C=O) groups excluding carboxylic acids is 1. The molecule has 1 amide bonds. The molecule has 116 valence electrons. The van der Waals surface area contributed by atoms with Gasteiger partial charge in [-0.3, -0.25) is 4.79 Å². The maximum absolute atomic E-state index is 13.6. The monoisotopic (exact) mass is 293 g/mol. The predicted octanol–water partition coefficient (Wildman–Crippen LogP) is 3.03. The van der Waals surface area contributed by atoms with Crippen molar-refractivity contribution in [3.63, 3.8) is 0 Å². The number of amides is 1. The van der Waals surface area contributed by atoms with E-state index >= 15 is 0 Å². The molecular weight excluding hydrogens is 269 g/mol. The first kappa shape index (κ1) is 16.0. The molecular formula is C17H24FNO2. The predicted molar refractivity (Wildman–Crippen MR) is 80.5 cm³/mol. The van der Waals surface area contributed by atoms with Crippen LogP contribution in [0.5, 0.6) is 0 Å². The van der Waals surface area contributed by atoms with Crippen LogP contribution in [-0.2, 0) is 16.0 Å². The highest BCUT2D eigenvalue weighted by molar-refractivity contribution is 5.76. The van der Waals surface area contributed by atoms with Gasteiger partial charge in [0.05, 0.1) is 13.0 Å². The van der Waals surface area contributed by atoms with Gasteiger partial charge in [0, 0.05) is 20.2 Å². The number of likely N-dealkylation sites (tertiary alicyclic amines) is 1. The van der Waals surface area contributed by atoms with Crippen LogP contribution in [0.1, 0.15) is 31.2 Å². The van der Waals surface area contributed by atoms with E-state index in [0.29, 0.717) is 18.9 Å². The van der Waals surface area contributed by atoms with Crippen molar-refractivity contribution in [1.82, 2.24) is 4.90 Å². The van der Waals surface area contributed by atoms with Crippen LogP contribution in [0, 0.1) is 11.7 Å². The summed E-state index contributed by atoms with van der Waals surface area (Å²) in [4.78, 5) is 14.0. The summed E-state index contributed by atoms with van der Waals surface area (Å²) in [6.07, 6.45) is 4.31. The lowest BCUT2D eigenvalue weighted by Gasteiger charge is -2.33. The number of nitrogens with zero attached hydrogens (tertiary/aromatic N) is 1. The third kappa shape index (κ3) is 4.81.